The number of hydrogen-bond acceptors (Lipinski definition) is 6. The molecule has 0 radical (unpaired) electrons. The Morgan fingerprint density at radius 1 is 1.32 bits per heavy atom. The molecule has 2 aliphatic rings. The molecule has 4 heterocycles. The number of rotatable bonds is 3. The van der Waals surface area contributed by atoms with E-state index in [0.717, 1.165) is 30.7 Å². The van der Waals surface area contributed by atoms with Crippen LogP contribution in [-0.4, -0.2) is 51.6 Å². The minimum atomic E-state index is -0.261. The van der Waals surface area contributed by atoms with E-state index in [1.165, 1.54) is 17.4 Å². The molecule has 2 saturated heterocycles. The van der Waals surface area contributed by atoms with Crippen molar-refractivity contribution in [2.24, 2.45) is 0 Å². The molecular weight excluding hydrogens is 340 g/mol. The summed E-state index contributed by atoms with van der Waals surface area (Å²) in [5, 5.41) is 2.62. The Hall–Kier alpha value is -2.06. The summed E-state index contributed by atoms with van der Waals surface area (Å²) >= 11 is 1.47. The van der Waals surface area contributed by atoms with Gasteiger partial charge >= 0.3 is 0 Å². The van der Waals surface area contributed by atoms with Crippen molar-refractivity contribution in [2.45, 2.75) is 37.7 Å². The summed E-state index contributed by atoms with van der Waals surface area (Å²) in [5.74, 6) is 0.956. The highest BCUT2D eigenvalue weighted by Gasteiger charge is 2.31. The third kappa shape index (κ3) is 3.50. The molecule has 8 heteroatoms. The topological polar surface area (TPSA) is 88.2 Å². The molecule has 2 aliphatic heterocycles. The molecule has 0 bridgehead atoms. The van der Waals surface area contributed by atoms with E-state index in [1.54, 1.807) is 6.20 Å². The fraction of sp³-hybridized carbons (Fsp3) is 0.529. The van der Waals surface area contributed by atoms with Crippen LogP contribution in [0.2, 0.25) is 0 Å². The first-order valence-electron chi connectivity index (χ1n) is 8.62. The van der Waals surface area contributed by atoms with E-state index in [9.17, 15) is 9.59 Å². The van der Waals surface area contributed by atoms with Gasteiger partial charge in [0.1, 0.15) is 22.6 Å². The maximum Gasteiger partial charge on any atom is 0.251 e. The van der Waals surface area contributed by atoms with E-state index in [4.69, 9.17) is 4.74 Å². The van der Waals surface area contributed by atoms with E-state index < -0.39 is 0 Å². The summed E-state index contributed by atoms with van der Waals surface area (Å²) in [5.41, 5.74) is 0.458. The zero-order valence-electron chi connectivity index (χ0n) is 13.8. The number of ether oxygens (including phenoxy) is 1. The minimum absolute atomic E-state index is 0.105. The summed E-state index contributed by atoms with van der Waals surface area (Å²) in [4.78, 5) is 38.0. The number of aromatic nitrogens is 3. The van der Waals surface area contributed by atoms with Crippen molar-refractivity contribution in [3.05, 3.63) is 33.8 Å². The summed E-state index contributed by atoms with van der Waals surface area (Å²) in [6.07, 6.45) is 4.82. The quantitative estimate of drug-likeness (QED) is 0.901. The second-order valence-electron chi connectivity index (χ2n) is 6.45. The molecule has 25 heavy (non-hydrogen) atoms. The molecular formula is C17H20N4O3S. The predicted octanol–water partition coefficient (Wildman–Crippen LogP) is 1.78. The summed E-state index contributed by atoms with van der Waals surface area (Å²) < 4.78 is 5.50. The lowest BCUT2D eigenvalue weighted by molar-refractivity contribution is -0.142. The first-order chi connectivity index (χ1) is 12.2. The second kappa shape index (κ2) is 7.05. The van der Waals surface area contributed by atoms with Crippen LogP contribution in [0.1, 0.15) is 37.4 Å². The van der Waals surface area contributed by atoms with E-state index >= 15 is 0 Å². The third-order valence-corrected chi connectivity index (χ3v) is 5.61. The van der Waals surface area contributed by atoms with Gasteiger partial charge in [-0.1, -0.05) is 0 Å². The Morgan fingerprint density at radius 3 is 2.84 bits per heavy atom. The molecule has 0 aromatic carbocycles. The van der Waals surface area contributed by atoms with Gasteiger partial charge in [-0.25, -0.2) is 9.97 Å². The van der Waals surface area contributed by atoms with Gasteiger partial charge in [-0.15, -0.1) is 11.3 Å². The second-order valence-corrected chi connectivity index (χ2v) is 7.35. The van der Waals surface area contributed by atoms with Crippen molar-refractivity contribution in [3.63, 3.8) is 0 Å². The number of carbonyl (C=O) groups is 1. The summed E-state index contributed by atoms with van der Waals surface area (Å²) in [6, 6.07) is 1.48. The number of likely N-dealkylation sites (tertiary alicyclic amines) is 1. The molecule has 4 rings (SSSR count). The van der Waals surface area contributed by atoms with E-state index in [-0.39, 0.29) is 23.5 Å². The van der Waals surface area contributed by atoms with Crippen LogP contribution in [-0.2, 0) is 9.53 Å². The highest BCUT2D eigenvalue weighted by molar-refractivity contribution is 7.13. The van der Waals surface area contributed by atoms with E-state index in [1.807, 2.05) is 10.3 Å². The zero-order chi connectivity index (χ0) is 17.2. The van der Waals surface area contributed by atoms with Crippen LogP contribution in [0.15, 0.2) is 22.4 Å². The molecule has 0 saturated carbocycles. The van der Waals surface area contributed by atoms with Crippen LogP contribution in [0.3, 0.4) is 0 Å². The van der Waals surface area contributed by atoms with Gasteiger partial charge in [0.15, 0.2) is 0 Å². The van der Waals surface area contributed by atoms with Gasteiger partial charge in [-0.05, 0) is 25.7 Å². The van der Waals surface area contributed by atoms with Crippen LogP contribution in [0, 0.1) is 0 Å². The molecule has 0 unspecified atom stereocenters. The first kappa shape index (κ1) is 16.4. The molecule has 2 fully saturated rings. The smallest absolute Gasteiger partial charge is 0.251 e. The Balaban J connectivity index is 1.45. The van der Waals surface area contributed by atoms with Crippen molar-refractivity contribution in [1.82, 2.24) is 19.9 Å². The average molecular weight is 360 g/mol. The number of carbonyl (C=O) groups excluding carboxylic acids is 1. The largest absolute Gasteiger partial charge is 0.368 e. The van der Waals surface area contributed by atoms with Gasteiger partial charge in [-0.3, -0.25) is 9.59 Å². The monoisotopic (exact) mass is 360 g/mol. The van der Waals surface area contributed by atoms with Crippen LogP contribution < -0.4 is 5.56 Å². The fourth-order valence-corrected chi connectivity index (χ4v) is 4.08. The SMILES string of the molecule is O=C([C@H]1CCCO1)N1CCC(c2nc(-c3nccs3)cc(=O)[nH]2)CC1. The van der Waals surface area contributed by atoms with Crippen molar-refractivity contribution < 1.29 is 9.53 Å². The summed E-state index contributed by atoms with van der Waals surface area (Å²) in [7, 11) is 0. The number of H-pyrrole nitrogens is 1. The van der Waals surface area contributed by atoms with Crippen molar-refractivity contribution in [3.8, 4) is 10.7 Å². The van der Waals surface area contributed by atoms with Crippen molar-refractivity contribution in [2.75, 3.05) is 19.7 Å². The van der Waals surface area contributed by atoms with Crippen LogP contribution >= 0.6 is 11.3 Å². The minimum Gasteiger partial charge on any atom is -0.368 e. The van der Waals surface area contributed by atoms with E-state index in [2.05, 4.69) is 15.0 Å². The first-order valence-corrected chi connectivity index (χ1v) is 9.50. The normalized spacial score (nSPS) is 21.6. The van der Waals surface area contributed by atoms with Gasteiger partial charge < -0.3 is 14.6 Å². The van der Waals surface area contributed by atoms with Crippen molar-refractivity contribution in [1.29, 1.82) is 0 Å². The molecule has 7 nitrogen and oxygen atoms in total. The molecule has 1 N–H and O–H groups in total. The Labute approximate surface area is 149 Å². The Morgan fingerprint density at radius 2 is 2.16 bits per heavy atom. The lowest BCUT2D eigenvalue weighted by Gasteiger charge is -2.32. The number of amides is 1. The highest BCUT2D eigenvalue weighted by atomic mass is 32.1. The van der Waals surface area contributed by atoms with Crippen LogP contribution in [0.25, 0.3) is 10.7 Å². The number of aromatic amines is 1. The lowest BCUT2D eigenvalue weighted by atomic mass is 9.95. The molecule has 2 aromatic rings. The van der Waals surface area contributed by atoms with Gasteiger partial charge in [0.25, 0.3) is 11.5 Å². The molecule has 132 valence electrons. The number of nitrogens with zero attached hydrogens (tertiary/aromatic N) is 3. The molecule has 2 aromatic heterocycles. The molecule has 1 atom stereocenters. The zero-order valence-corrected chi connectivity index (χ0v) is 14.6. The van der Waals surface area contributed by atoms with Crippen LogP contribution in [0.5, 0.6) is 0 Å². The number of thiazole rings is 1. The maximum absolute atomic E-state index is 12.4. The number of piperidine rings is 1. The van der Waals surface area contributed by atoms with Crippen LogP contribution in [0.4, 0.5) is 0 Å². The fourth-order valence-electron chi connectivity index (χ4n) is 3.48. The molecule has 0 aliphatic carbocycles. The van der Waals surface area contributed by atoms with Gasteiger partial charge in [-0.2, -0.15) is 0 Å². The highest BCUT2D eigenvalue weighted by Crippen LogP contribution is 2.28. The predicted molar refractivity (Wildman–Crippen MR) is 93.5 cm³/mol. The maximum atomic E-state index is 12.4. The standard InChI is InChI=1S/C17H20N4O3S/c22-14-10-12(16-18-5-9-25-16)19-15(20-14)11-3-6-21(7-4-11)17(23)13-2-1-8-24-13/h5,9-11,13H,1-4,6-8H2,(H,19,20,22)/t13-/m1/s1. The van der Waals surface area contributed by atoms with Crippen molar-refractivity contribution >= 4 is 17.2 Å². The average Bonchev–Trinajstić information content (AvgIpc) is 3.34. The Kier molecular flexibility index (Phi) is 4.63. The lowest BCUT2D eigenvalue weighted by Crippen LogP contribution is -2.43. The third-order valence-electron chi connectivity index (χ3n) is 4.81. The molecule has 1 amide bonds. The number of hydrogen-bond donors (Lipinski definition) is 1. The number of nitrogens with one attached hydrogen (secondary N) is 1. The Bertz CT molecular complexity index is 790. The van der Waals surface area contributed by atoms with Gasteiger partial charge in [0.05, 0.1) is 0 Å². The van der Waals surface area contributed by atoms with Gasteiger partial charge in [0, 0.05) is 43.3 Å². The summed E-state index contributed by atoms with van der Waals surface area (Å²) in [6.45, 7) is 2.03. The molecule has 0 spiro atoms. The van der Waals surface area contributed by atoms with Gasteiger partial charge in [0.2, 0.25) is 0 Å². The van der Waals surface area contributed by atoms with E-state index in [0.29, 0.717) is 31.2 Å².